The summed E-state index contributed by atoms with van der Waals surface area (Å²) < 4.78 is 0. The van der Waals surface area contributed by atoms with Crippen LogP contribution >= 0.6 is 0 Å². The summed E-state index contributed by atoms with van der Waals surface area (Å²) in [6.07, 6.45) is 0.277. The predicted octanol–water partition coefficient (Wildman–Crippen LogP) is 2.72. The number of para-hydroxylation sites is 1. The van der Waals surface area contributed by atoms with Gasteiger partial charge in [0.25, 0.3) is 0 Å². The highest BCUT2D eigenvalue weighted by molar-refractivity contribution is 5.91. The Labute approximate surface area is 107 Å². The molecule has 3 nitrogen and oxygen atoms in total. The number of rotatable bonds is 4. The smallest absolute Gasteiger partial charge is 0.226 e. The van der Waals surface area contributed by atoms with E-state index in [1.807, 2.05) is 60.7 Å². The van der Waals surface area contributed by atoms with Gasteiger partial charge in [-0.05, 0) is 17.7 Å². The molecule has 0 aliphatic heterocycles. The lowest BCUT2D eigenvalue weighted by Gasteiger charge is -2.12. The number of hydrogen-bond acceptors (Lipinski definition) is 2. The molecule has 2 aromatic carbocycles. The highest BCUT2D eigenvalue weighted by Gasteiger charge is 2.11. The summed E-state index contributed by atoms with van der Waals surface area (Å²) in [5.41, 5.74) is 7.76. The second kappa shape index (κ2) is 5.98. The number of carbonyl (C=O) groups is 1. The Hall–Kier alpha value is -2.13. The van der Waals surface area contributed by atoms with Crippen LogP contribution in [0.25, 0.3) is 0 Å². The fourth-order valence-corrected chi connectivity index (χ4v) is 1.75. The van der Waals surface area contributed by atoms with Crippen molar-refractivity contribution < 1.29 is 4.79 Å². The van der Waals surface area contributed by atoms with Crippen molar-refractivity contribution in [2.75, 3.05) is 5.32 Å². The predicted molar refractivity (Wildman–Crippen MR) is 73.1 cm³/mol. The second-order valence-corrected chi connectivity index (χ2v) is 4.14. The number of nitrogens with one attached hydrogen (secondary N) is 1. The van der Waals surface area contributed by atoms with Gasteiger partial charge in [0.1, 0.15) is 0 Å². The highest BCUT2D eigenvalue weighted by Crippen LogP contribution is 2.14. The lowest BCUT2D eigenvalue weighted by molar-refractivity contribution is -0.116. The summed E-state index contributed by atoms with van der Waals surface area (Å²) in [6.45, 7) is 0. The zero-order chi connectivity index (χ0) is 12.8. The van der Waals surface area contributed by atoms with Crippen LogP contribution in [0.2, 0.25) is 0 Å². The quantitative estimate of drug-likeness (QED) is 0.863. The molecule has 0 saturated carbocycles. The fraction of sp³-hybridized carbons (Fsp3) is 0.133. The lowest BCUT2D eigenvalue weighted by Crippen LogP contribution is -2.20. The van der Waals surface area contributed by atoms with Gasteiger partial charge < -0.3 is 11.1 Å². The van der Waals surface area contributed by atoms with Crippen LogP contribution in [0.5, 0.6) is 0 Å². The molecule has 18 heavy (non-hydrogen) atoms. The van der Waals surface area contributed by atoms with E-state index in [2.05, 4.69) is 5.32 Å². The van der Waals surface area contributed by atoms with Crippen molar-refractivity contribution in [3.63, 3.8) is 0 Å². The molecular formula is C15H16N2O. The van der Waals surface area contributed by atoms with E-state index in [0.717, 1.165) is 11.3 Å². The maximum Gasteiger partial charge on any atom is 0.226 e. The number of carbonyl (C=O) groups excluding carboxylic acids is 1. The van der Waals surface area contributed by atoms with Crippen molar-refractivity contribution in [2.45, 2.75) is 12.5 Å². The average Bonchev–Trinajstić information content (AvgIpc) is 2.40. The molecular weight excluding hydrogens is 224 g/mol. The van der Waals surface area contributed by atoms with Crippen LogP contribution in [0.1, 0.15) is 18.0 Å². The fourth-order valence-electron chi connectivity index (χ4n) is 1.75. The van der Waals surface area contributed by atoms with E-state index >= 15 is 0 Å². The molecule has 92 valence electrons. The minimum absolute atomic E-state index is 0.0717. The molecule has 0 bridgehead atoms. The van der Waals surface area contributed by atoms with E-state index < -0.39 is 0 Å². The molecule has 3 heteroatoms. The topological polar surface area (TPSA) is 55.1 Å². The molecule has 0 spiro atoms. The van der Waals surface area contributed by atoms with Gasteiger partial charge in [0.15, 0.2) is 0 Å². The van der Waals surface area contributed by atoms with Crippen LogP contribution in [-0.4, -0.2) is 5.91 Å². The highest BCUT2D eigenvalue weighted by atomic mass is 16.1. The Balaban J connectivity index is 1.92. The van der Waals surface area contributed by atoms with Gasteiger partial charge >= 0.3 is 0 Å². The van der Waals surface area contributed by atoms with Crippen molar-refractivity contribution in [3.05, 3.63) is 66.2 Å². The largest absolute Gasteiger partial charge is 0.326 e. The van der Waals surface area contributed by atoms with Gasteiger partial charge in [-0.2, -0.15) is 0 Å². The summed E-state index contributed by atoms with van der Waals surface area (Å²) in [4.78, 5) is 11.8. The minimum atomic E-state index is -0.269. The zero-order valence-corrected chi connectivity index (χ0v) is 10.0. The summed E-state index contributed by atoms with van der Waals surface area (Å²) >= 11 is 0. The van der Waals surface area contributed by atoms with E-state index in [4.69, 9.17) is 5.73 Å². The molecule has 3 N–H and O–H groups in total. The first kappa shape index (κ1) is 12.3. The third kappa shape index (κ3) is 3.43. The van der Waals surface area contributed by atoms with E-state index in [-0.39, 0.29) is 18.4 Å². The maximum absolute atomic E-state index is 11.8. The normalized spacial score (nSPS) is 11.8. The Morgan fingerprint density at radius 3 is 2.17 bits per heavy atom. The van der Waals surface area contributed by atoms with Gasteiger partial charge in [0.05, 0.1) is 0 Å². The minimum Gasteiger partial charge on any atom is -0.326 e. The summed E-state index contributed by atoms with van der Waals surface area (Å²) in [5.74, 6) is -0.0717. The average molecular weight is 240 g/mol. The SMILES string of the molecule is N[C@@H](CC(=O)Nc1ccccc1)c1ccccc1. The van der Waals surface area contributed by atoms with Crippen LogP contribution in [0, 0.1) is 0 Å². The number of anilines is 1. The number of amides is 1. The maximum atomic E-state index is 11.8. The number of nitrogens with two attached hydrogens (primary N) is 1. The lowest BCUT2D eigenvalue weighted by atomic mass is 10.0. The zero-order valence-electron chi connectivity index (χ0n) is 10.0. The molecule has 0 heterocycles. The van der Waals surface area contributed by atoms with Crippen LogP contribution < -0.4 is 11.1 Å². The van der Waals surface area contributed by atoms with Gasteiger partial charge in [-0.25, -0.2) is 0 Å². The molecule has 1 atom stereocenters. The van der Waals surface area contributed by atoms with Gasteiger partial charge in [-0.3, -0.25) is 4.79 Å². The second-order valence-electron chi connectivity index (χ2n) is 4.14. The summed E-state index contributed by atoms with van der Waals surface area (Å²) in [6, 6.07) is 18.7. The molecule has 0 saturated heterocycles. The van der Waals surface area contributed by atoms with Gasteiger partial charge in [0, 0.05) is 18.2 Å². The summed E-state index contributed by atoms with van der Waals surface area (Å²) in [5, 5.41) is 2.82. The van der Waals surface area contributed by atoms with Crippen molar-refractivity contribution in [1.82, 2.24) is 0 Å². The number of benzene rings is 2. The molecule has 2 aromatic rings. The van der Waals surface area contributed by atoms with Gasteiger partial charge in [-0.15, -0.1) is 0 Å². The Morgan fingerprint density at radius 1 is 1.00 bits per heavy atom. The van der Waals surface area contributed by atoms with E-state index in [1.54, 1.807) is 0 Å². The van der Waals surface area contributed by atoms with Gasteiger partial charge in [0.2, 0.25) is 5.91 Å². The van der Waals surface area contributed by atoms with Crippen molar-refractivity contribution in [2.24, 2.45) is 5.73 Å². The Morgan fingerprint density at radius 2 is 1.56 bits per heavy atom. The first-order chi connectivity index (χ1) is 8.75. The molecule has 0 aliphatic rings. The Kier molecular flexibility index (Phi) is 4.10. The third-order valence-electron chi connectivity index (χ3n) is 2.69. The van der Waals surface area contributed by atoms with Crippen LogP contribution in [0.3, 0.4) is 0 Å². The Bertz CT molecular complexity index is 496. The van der Waals surface area contributed by atoms with Crippen molar-refractivity contribution in [3.8, 4) is 0 Å². The van der Waals surface area contributed by atoms with E-state index in [1.165, 1.54) is 0 Å². The van der Waals surface area contributed by atoms with Crippen LogP contribution in [0.15, 0.2) is 60.7 Å². The molecule has 0 unspecified atom stereocenters. The van der Waals surface area contributed by atoms with E-state index in [0.29, 0.717) is 0 Å². The van der Waals surface area contributed by atoms with Crippen LogP contribution in [0.4, 0.5) is 5.69 Å². The van der Waals surface area contributed by atoms with Crippen molar-refractivity contribution >= 4 is 11.6 Å². The first-order valence-electron chi connectivity index (χ1n) is 5.91. The summed E-state index contributed by atoms with van der Waals surface area (Å²) in [7, 11) is 0. The third-order valence-corrected chi connectivity index (χ3v) is 2.69. The standard InChI is InChI=1S/C15H16N2O/c16-14(12-7-3-1-4-8-12)11-15(18)17-13-9-5-2-6-10-13/h1-10,14H,11,16H2,(H,17,18)/t14-/m0/s1. The molecule has 1 amide bonds. The molecule has 0 fully saturated rings. The van der Waals surface area contributed by atoms with E-state index in [9.17, 15) is 4.79 Å². The molecule has 0 aliphatic carbocycles. The monoisotopic (exact) mass is 240 g/mol. The van der Waals surface area contributed by atoms with Crippen molar-refractivity contribution in [1.29, 1.82) is 0 Å². The molecule has 0 aromatic heterocycles. The molecule has 2 rings (SSSR count). The number of hydrogen-bond donors (Lipinski definition) is 2. The van der Waals surface area contributed by atoms with Gasteiger partial charge in [-0.1, -0.05) is 48.5 Å². The first-order valence-corrected chi connectivity index (χ1v) is 5.91. The van der Waals surface area contributed by atoms with Crippen LogP contribution in [-0.2, 0) is 4.79 Å². The molecule has 0 radical (unpaired) electrons.